The van der Waals surface area contributed by atoms with E-state index in [0.717, 1.165) is 6.42 Å². The van der Waals surface area contributed by atoms with E-state index in [0.29, 0.717) is 0 Å². The van der Waals surface area contributed by atoms with Crippen molar-refractivity contribution in [1.29, 1.82) is 0 Å². The summed E-state index contributed by atoms with van der Waals surface area (Å²) in [4.78, 5) is 0. The fourth-order valence-electron chi connectivity index (χ4n) is 0.972. The van der Waals surface area contributed by atoms with Crippen LogP contribution in [0.5, 0.6) is 0 Å². The van der Waals surface area contributed by atoms with Gasteiger partial charge in [-0.05, 0) is 18.9 Å². The summed E-state index contributed by atoms with van der Waals surface area (Å²) < 4.78 is 0. The molecule has 0 amide bonds. The van der Waals surface area contributed by atoms with Crippen molar-refractivity contribution in [2.45, 2.75) is 13.3 Å². The lowest BCUT2D eigenvalue weighted by molar-refractivity contribution is 0.303. The van der Waals surface area contributed by atoms with Crippen molar-refractivity contribution < 1.29 is 5.11 Å². The Bertz CT molecular complexity index is 246. The summed E-state index contributed by atoms with van der Waals surface area (Å²) in [6, 6.07) is 8.31. The van der Waals surface area contributed by atoms with E-state index < -0.39 is 0 Å². The second-order valence-electron chi connectivity index (χ2n) is 2.83. The van der Waals surface area contributed by atoms with Gasteiger partial charge in [-0.2, -0.15) is 0 Å². The SMILES string of the molecule is Cc1ccc(/C=C/CCO)cc1. The van der Waals surface area contributed by atoms with Crippen molar-refractivity contribution in [3.63, 3.8) is 0 Å². The maximum atomic E-state index is 8.54. The van der Waals surface area contributed by atoms with E-state index in [2.05, 4.69) is 31.2 Å². The summed E-state index contributed by atoms with van der Waals surface area (Å²) >= 11 is 0. The molecule has 1 nitrogen and oxygen atoms in total. The first-order chi connectivity index (χ1) is 5.83. The fraction of sp³-hybridized carbons (Fsp3) is 0.273. The van der Waals surface area contributed by atoms with Crippen molar-refractivity contribution in [1.82, 2.24) is 0 Å². The molecule has 0 saturated heterocycles. The Balaban J connectivity index is 2.58. The molecule has 1 N–H and O–H groups in total. The van der Waals surface area contributed by atoms with Crippen molar-refractivity contribution in [3.05, 3.63) is 41.5 Å². The molecule has 12 heavy (non-hydrogen) atoms. The summed E-state index contributed by atoms with van der Waals surface area (Å²) in [7, 11) is 0. The van der Waals surface area contributed by atoms with Gasteiger partial charge in [0.25, 0.3) is 0 Å². The van der Waals surface area contributed by atoms with Crippen LogP contribution in [0.2, 0.25) is 0 Å². The van der Waals surface area contributed by atoms with Crippen LogP contribution in [0, 0.1) is 6.92 Å². The lowest BCUT2D eigenvalue weighted by Crippen LogP contribution is -1.76. The Morgan fingerprint density at radius 2 is 1.92 bits per heavy atom. The van der Waals surface area contributed by atoms with Crippen molar-refractivity contribution in [3.8, 4) is 0 Å². The van der Waals surface area contributed by atoms with Crippen LogP contribution in [0.4, 0.5) is 0 Å². The van der Waals surface area contributed by atoms with E-state index in [1.807, 2.05) is 12.2 Å². The summed E-state index contributed by atoms with van der Waals surface area (Å²) in [5.74, 6) is 0. The molecule has 1 aromatic rings. The van der Waals surface area contributed by atoms with E-state index in [4.69, 9.17) is 5.11 Å². The van der Waals surface area contributed by atoms with Gasteiger partial charge in [0.2, 0.25) is 0 Å². The molecule has 0 fully saturated rings. The van der Waals surface area contributed by atoms with Crippen LogP contribution in [0.25, 0.3) is 6.08 Å². The van der Waals surface area contributed by atoms with Gasteiger partial charge in [-0.1, -0.05) is 42.0 Å². The van der Waals surface area contributed by atoms with Crippen LogP contribution in [-0.4, -0.2) is 11.7 Å². The Kier molecular flexibility index (Phi) is 3.55. The third kappa shape index (κ3) is 2.89. The molecule has 0 heterocycles. The lowest BCUT2D eigenvalue weighted by Gasteiger charge is -1.93. The Morgan fingerprint density at radius 1 is 1.25 bits per heavy atom. The van der Waals surface area contributed by atoms with Gasteiger partial charge >= 0.3 is 0 Å². The smallest absolute Gasteiger partial charge is 0.0465 e. The maximum absolute atomic E-state index is 8.54. The van der Waals surface area contributed by atoms with E-state index in [1.54, 1.807) is 0 Å². The maximum Gasteiger partial charge on any atom is 0.0465 e. The monoisotopic (exact) mass is 162 g/mol. The Morgan fingerprint density at radius 3 is 2.50 bits per heavy atom. The molecular weight excluding hydrogens is 148 g/mol. The summed E-state index contributed by atoms with van der Waals surface area (Å²) in [5.41, 5.74) is 2.46. The van der Waals surface area contributed by atoms with Gasteiger partial charge in [-0.15, -0.1) is 0 Å². The average molecular weight is 162 g/mol. The molecule has 0 aromatic heterocycles. The Labute approximate surface area is 73.4 Å². The minimum atomic E-state index is 0.225. The van der Waals surface area contributed by atoms with Crippen LogP contribution in [0.3, 0.4) is 0 Å². The molecular formula is C11H14O. The highest BCUT2D eigenvalue weighted by Gasteiger charge is 1.84. The molecule has 0 aliphatic carbocycles. The number of aliphatic hydroxyl groups is 1. The summed E-state index contributed by atoms with van der Waals surface area (Å²) in [6.07, 6.45) is 4.73. The largest absolute Gasteiger partial charge is 0.396 e. The Hall–Kier alpha value is -1.08. The zero-order valence-corrected chi connectivity index (χ0v) is 7.33. The van der Waals surface area contributed by atoms with E-state index >= 15 is 0 Å². The van der Waals surface area contributed by atoms with E-state index in [9.17, 15) is 0 Å². The number of aliphatic hydroxyl groups excluding tert-OH is 1. The van der Waals surface area contributed by atoms with Gasteiger partial charge in [0.1, 0.15) is 0 Å². The summed E-state index contributed by atoms with van der Waals surface area (Å²) in [6.45, 7) is 2.30. The third-order valence-electron chi connectivity index (χ3n) is 1.68. The molecule has 1 aromatic carbocycles. The predicted molar refractivity (Wildman–Crippen MR) is 51.9 cm³/mol. The number of hydrogen-bond donors (Lipinski definition) is 1. The molecule has 0 unspecified atom stereocenters. The molecule has 0 radical (unpaired) electrons. The van der Waals surface area contributed by atoms with E-state index in [-0.39, 0.29) is 6.61 Å². The van der Waals surface area contributed by atoms with Crippen LogP contribution < -0.4 is 0 Å². The van der Waals surface area contributed by atoms with Gasteiger partial charge in [-0.3, -0.25) is 0 Å². The molecule has 0 aliphatic heterocycles. The molecule has 0 aliphatic rings. The van der Waals surface area contributed by atoms with Gasteiger partial charge in [0, 0.05) is 6.61 Å². The topological polar surface area (TPSA) is 20.2 Å². The van der Waals surface area contributed by atoms with Crippen LogP contribution in [-0.2, 0) is 0 Å². The molecule has 64 valence electrons. The average Bonchev–Trinajstić information content (AvgIpc) is 2.09. The normalized spacial score (nSPS) is 10.8. The van der Waals surface area contributed by atoms with Crippen LogP contribution >= 0.6 is 0 Å². The molecule has 0 bridgehead atoms. The van der Waals surface area contributed by atoms with E-state index in [1.165, 1.54) is 11.1 Å². The molecule has 0 spiro atoms. The first kappa shape index (κ1) is 9.01. The van der Waals surface area contributed by atoms with Gasteiger partial charge in [-0.25, -0.2) is 0 Å². The zero-order chi connectivity index (χ0) is 8.81. The standard InChI is InChI=1S/C11H14O/c1-10-5-7-11(8-6-10)4-2-3-9-12/h2,4-8,12H,3,9H2,1H3/b4-2+. The highest BCUT2D eigenvalue weighted by atomic mass is 16.2. The second-order valence-corrected chi connectivity index (χ2v) is 2.83. The quantitative estimate of drug-likeness (QED) is 0.723. The first-order valence-corrected chi connectivity index (χ1v) is 4.17. The molecule has 1 rings (SSSR count). The number of hydrogen-bond acceptors (Lipinski definition) is 1. The second kappa shape index (κ2) is 4.73. The lowest BCUT2D eigenvalue weighted by atomic mass is 10.1. The number of aryl methyl sites for hydroxylation is 1. The first-order valence-electron chi connectivity index (χ1n) is 4.17. The highest BCUT2D eigenvalue weighted by molar-refractivity contribution is 5.49. The van der Waals surface area contributed by atoms with Crippen molar-refractivity contribution in [2.24, 2.45) is 0 Å². The van der Waals surface area contributed by atoms with Gasteiger partial charge in [0.05, 0.1) is 0 Å². The molecule has 0 atom stereocenters. The van der Waals surface area contributed by atoms with Crippen LogP contribution in [0.15, 0.2) is 30.3 Å². The predicted octanol–water partition coefficient (Wildman–Crippen LogP) is 2.39. The minimum absolute atomic E-state index is 0.225. The summed E-state index contributed by atoms with van der Waals surface area (Å²) in [5, 5.41) is 8.54. The van der Waals surface area contributed by atoms with Crippen LogP contribution in [0.1, 0.15) is 17.5 Å². The van der Waals surface area contributed by atoms with Crippen molar-refractivity contribution >= 4 is 6.08 Å². The molecule has 0 saturated carbocycles. The fourth-order valence-corrected chi connectivity index (χ4v) is 0.972. The van der Waals surface area contributed by atoms with Gasteiger partial charge in [0.15, 0.2) is 0 Å². The highest BCUT2D eigenvalue weighted by Crippen LogP contribution is 2.04. The molecule has 1 heteroatoms. The number of benzene rings is 1. The third-order valence-corrected chi connectivity index (χ3v) is 1.68. The van der Waals surface area contributed by atoms with Crippen molar-refractivity contribution in [2.75, 3.05) is 6.61 Å². The minimum Gasteiger partial charge on any atom is -0.396 e. The van der Waals surface area contributed by atoms with Gasteiger partial charge < -0.3 is 5.11 Å². The number of rotatable bonds is 3. The zero-order valence-electron chi connectivity index (χ0n) is 7.33.